The highest BCUT2D eigenvalue weighted by molar-refractivity contribution is 5.83. The minimum absolute atomic E-state index is 0.0310. The first kappa shape index (κ1) is 16.0. The maximum atomic E-state index is 14.3. The molecule has 0 unspecified atom stereocenters. The zero-order valence-corrected chi connectivity index (χ0v) is 12.4. The van der Waals surface area contributed by atoms with E-state index in [0.717, 1.165) is 23.3 Å². The Kier molecular flexibility index (Phi) is 4.47. The van der Waals surface area contributed by atoms with Crippen molar-refractivity contribution < 1.29 is 17.6 Å². The molecule has 0 nitrogen and oxygen atoms in total. The van der Waals surface area contributed by atoms with E-state index in [-0.39, 0.29) is 16.9 Å². The van der Waals surface area contributed by atoms with Gasteiger partial charge in [-0.15, -0.1) is 0 Å². The van der Waals surface area contributed by atoms with E-state index < -0.39 is 17.5 Å². The van der Waals surface area contributed by atoms with Gasteiger partial charge in [0.1, 0.15) is 11.6 Å². The van der Waals surface area contributed by atoms with Gasteiger partial charge in [0.25, 0.3) is 0 Å². The summed E-state index contributed by atoms with van der Waals surface area (Å²) in [5.74, 6) is -2.93. The third-order valence-electron chi connectivity index (χ3n) is 3.61. The number of rotatable bonds is 3. The van der Waals surface area contributed by atoms with Crippen molar-refractivity contribution in [2.24, 2.45) is 0 Å². The molecule has 0 spiro atoms. The van der Waals surface area contributed by atoms with Crippen molar-refractivity contribution in [3.63, 3.8) is 0 Å². The first-order chi connectivity index (χ1) is 11.5. The fourth-order valence-electron chi connectivity index (χ4n) is 2.30. The molecule has 0 bridgehead atoms. The SMILES string of the molecule is F/C(=C(/F)c1ccc(-c2ccc(F)cc2)cc1)c1ccc(F)cc1. The largest absolute Gasteiger partial charge is 0.207 e. The molecule has 24 heavy (non-hydrogen) atoms. The van der Waals surface area contributed by atoms with Crippen molar-refractivity contribution in [1.29, 1.82) is 0 Å². The normalized spacial score (nSPS) is 12.0. The van der Waals surface area contributed by atoms with E-state index in [1.54, 1.807) is 24.3 Å². The molecule has 3 aromatic carbocycles. The highest BCUT2D eigenvalue weighted by atomic mass is 19.2. The molecule has 4 heteroatoms. The molecular formula is C20H12F4. The average molecular weight is 328 g/mol. The van der Waals surface area contributed by atoms with Gasteiger partial charge in [-0.1, -0.05) is 36.4 Å². The van der Waals surface area contributed by atoms with Crippen LogP contribution in [0.3, 0.4) is 0 Å². The second-order valence-electron chi connectivity index (χ2n) is 5.22. The fraction of sp³-hybridized carbons (Fsp3) is 0. The second-order valence-corrected chi connectivity index (χ2v) is 5.22. The summed E-state index contributed by atoms with van der Waals surface area (Å²) in [7, 11) is 0. The number of hydrogen-bond donors (Lipinski definition) is 0. The highest BCUT2D eigenvalue weighted by Gasteiger charge is 2.11. The molecule has 0 heterocycles. The molecule has 0 fully saturated rings. The molecule has 0 aliphatic heterocycles. The molecular weight excluding hydrogens is 316 g/mol. The molecule has 0 aliphatic carbocycles. The van der Waals surface area contributed by atoms with Gasteiger partial charge < -0.3 is 0 Å². The molecule has 3 aromatic rings. The van der Waals surface area contributed by atoms with Gasteiger partial charge in [0.05, 0.1) is 0 Å². The molecule has 0 saturated carbocycles. The third kappa shape index (κ3) is 3.38. The van der Waals surface area contributed by atoms with E-state index in [4.69, 9.17) is 0 Å². The van der Waals surface area contributed by atoms with Crippen molar-refractivity contribution in [1.82, 2.24) is 0 Å². The summed E-state index contributed by atoms with van der Waals surface area (Å²) in [5, 5.41) is 0. The van der Waals surface area contributed by atoms with Crippen molar-refractivity contribution >= 4 is 11.7 Å². The quantitative estimate of drug-likeness (QED) is 0.386. The van der Waals surface area contributed by atoms with Crippen LogP contribution in [0.5, 0.6) is 0 Å². The predicted octanol–water partition coefficient (Wildman–Crippen LogP) is 6.40. The lowest BCUT2D eigenvalue weighted by Gasteiger charge is -2.05. The minimum atomic E-state index is -1.05. The van der Waals surface area contributed by atoms with Gasteiger partial charge in [-0.3, -0.25) is 0 Å². The Morgan fingerprint density at radius 3 is 1.17 bits per heavy atom. The van der Waals surface area contributed by atoms with Gasteiger partial charge >= 0.3 is 0 Å². The van der Waals surface area contributed by atoms with Gasteiger partial charge in [-0.2, -0.15) is 0 Å². The number of halogens is 4. The molecule has 0 aliphatic rings. The van der Waals surface area contributed by atoms with Crippen molar-refractivity contribution in [3.8, 4) is 11.1 Å². The van der Waals surface area contributed by atoms with Crippen molar-refractivity contribution in [2.45, 2.75) is 0 Å². The van der Waals surface area contributed by atoms with Crippen LogP contribution >= 0.6 is 0 Å². The summed E-state index contributed by atoms with van der Waals surface area (Å²) in [6.07, 6.45) is 0. The van der Waals surface area contributed by atoms with Crippen LogP contribution in [0.2, 0.25) is 0 Å². The Morgan fingerprint density at radius 2 is 0.750 bits per heavy atom. The van der Waals surface area contributed by atoms with Crippen LogP contribution in [0.15, 0.2) is 72.8 Å². The maximum Gasteiger partial charge on any atom is 0.166 e. The van der Waals surface area contributed by atoms with Crippen LogP contribution in [-0.2, 0) is 0 Å². The van der Waals surface area contributed by atoms with E-state index in [9.17, 15) is 17.6 Å². The molecule has 0 atom stereocenters. The van der Waals surface area contributed by atoms with E-state index in [0.29, 0.717) is 0 Å². The van der Waals surface area contributed by atoms with Crippen LogP contribution in [0.4, 0.5) is 17.6 Å². The number of benzene rings is 3. The molecule has 3 rings (SSSR count). The van der Waals surface area contributed by atoms with E-state index in [1.165, 1.54) is 36.4 Å². The molecule has 120 valence electrons. The molecule has 0 aromatic heterocycles. The first-order valence-corrected chi connectivity index (χ1v) is 7.22. The van der Waals surface area contributed by atoms with E-state index in [2.05, 4.69) is 0 Å². The van der Waals surface area contributed by atoms with Gasteiger partial charge in [0.15, 0.2) is 11.7 Å². The summed E-state index contributed by atoms with van der Waals surface area (Å²) in [6, 6.07) is 16.5. The molecule has 0 N–H and O–H groups in total. The Morgan fingerprint density at radius 1 is 0.458 bits per heavy atom. The van der Waals surface area contributed by atoms with Crippen LogP contribution < -0.4 is 0 Å². The van der Waals surface area contributed by atoms with Gasteiger partial charge in [0.2, 0.25) is 0 Å². The fourth-order valence-corrected chi connectivity index (χ4v) is 2.30. The van der Waals surface area contributed by atoms with Gasteiger partial charge in [0, 0.05) is 11.1 Å². The first-order valence-electron chi connectivity index (χ1n) is 7.22. The summed E-state index contributed by atoms with van der Waals surface area (Å²) in [6.45, 7) is 0. The Bertz CT molecular complexity index is 861. The number of hydrogen-bond acceptors (Lipinski definition) is 0. The molecule has 0 radical (unpaired) electrons. The topological polar surface area (TPSA) is 0 Å². The van der Waals surface area contributed by atoms with Gasteiger partial charge in [-0.05, 0) is 47.5 Å². The zero-order chi connectivity index (χ0) is 17.1. The van der Waals surface area contributed by atoms with Crippen LogP contribution in [0, 0.1) is 11.6 Å². The Balaban J connectivity index is 1.90. The lowest BCUT2D eigenvalue weighted by atomic mass is 10.0. The van der Waals surface area contributed by atoms with Crippen molar-refractivity contribution in [2.75, 3.05) is 0 Å². The molecule has 0 amide bonds. The van der Waals surface area contributed by atoms with Crippen LogP contribution in [-0.4, -0.2) is 0 Å². The lowest BCUT2D eigenvalue weighted by Crippen LogP contribution is -1.86. The lowest BCUT2D eigenvalue weighted by molar-refractivity contribution is 0.627. The van der Waals surface area contributed by atoms with E-state index >= 15 is 0 Å². The monoisotopic (exact) mass is 328 g/mol. The maximum absolute atomic E-state index is 14.3. The average Bonchev–Trinajstić information content (AvgIpc) is 2.62. The standard InChI is InChI=1S/C20H12F4/c21-17-9-5-14(6-10-17)13-1-3-15(4-2-13)19(23)20(24)16-7-11-18(22)12-8-16/h1-12H/b20-19+. The smallest absolute Gasteiger partial charge is 0.166 e. The Hall–Kier alpha value is -2.88. The van der Waals surface area contributed by atoms with Crippen LogP contribution in [0.1, 0.15) is 11.1 Å². The van der Waals surface area contributed by atoms with Crippen molar-refractivity contribution in [3.05, 3.63) is 95.6 Å². The van der Waals surface area contributed by atoms with E-state index in [1.807, 2.05) is 0 Å². The molecule has 0 saturated heterocycles. The third-order valence-corrected chi connectivity index (χ3v) is 3.61. The van der Waals surface area contributed by atoms with Crippen LogP contribution in [0.25, 0.3) is 22.8 Å². The summed E-state index contributed by atoms with van der Waals surface area (Å²) in [5.41, 5.74) is 1.57. The highest BCUT2D eigenvalue weighted by Crippen LogP contribution is 2.30. The predicted molar refractivity (Wildman–Crippen MR) is 87.3 cm³/mol. The van der Waals surface area contributed by atoms with Gasteiger partial charge in [-0.25, -0.2) is 17.6 Å². The second kappa shape index (κ2) is 6.71. The minimum Gasteiger partial charge on any atom is -0.207 e. The summed E-state index contributed by atoms with van der Waals surface area (Å²) >= 11 is 0. The Labute approximate surface area is 136 Å². The summed E-state index contributed by atoms with van der Waals surface area (Å²) in [4.78, 5) is 0. The summed E-state index contributed by atoms with van der Waals surface area (Å²) < 4.78 is 54.2. The zero-order valence-electron chi connectivity index (χ0n) is 12.4.